The van der Waals surface area contributed by atoms with Gasteiger partial charge in [0.05, 0.1) is 12.8 Å². The molecule has 1 rings (SSSR count). The van der Waals surface area contributed by atoms with Crippen LogP contribution in [0.25, 0.3) is 0 Å². The van der Waals surface area contributed by atoms with Crippen LogP contribution in [-0.4, -0.2) is 13.1 Å². The normalized spacial score (nSPS) is 13.0. The number of nitrogens with one attached hydrogen (secondary N) is 1. The summed E-state index contributed by atoms with van der Waals surface area (Å²) in [5.41, 5.74) is 5.61. The minimum Gasteiger partial charge on any atom is -0.468 e. The molecule has 0 fully saturated rings. The fraction of sp³-hybridized carbons (Fsp3) is 0.636. The maximum absolute atomic E-state index is 5.61. The van der Waals surface area contributed by atoms with Gasteiger partial charge < -0.3 is 15.5 Å². The molecular weight excluding hydrogens is 176 g/mol. The third-order valence-electron chi connectivity index (χ3n) is 2.52. The molecule has 0 aromatic carbocycles. The zero-order valence-corrected chi connectivity index (χ0v) is 8.83. The molecule has 0 radical (unpaired) electrons. The van der Waals surface area contributed by atoms with Crippen LogP contribution in [0.5, 0.6) is 0 Å². The van der Waals surface area contributed by atoms with Gasteiger partial charge in [0.25, 0.3) is 0 Å². The summed E-state index contributed by atoms with van der Waals surface area (Å²) in [6.45, 7) is 4.80. The van der Waals surface area contributed by atoms with E-state index in [0.717, 1.165) is 31.8 Å². The van der Waals surface area contributed by atoms with E-state index >= 15 is 0 Å². The van der Waals surface area contributed by atoms with Crippen LogP contribution in [0.4, 0.5) is 0 Å². The van der Waals surface area contributed by atoms with Crippen molar-refractivity contribution in [3.63, 3.8) is 0 Å². The van der Waals surface area contributed by atoms with Gasteiger partial charge in [-0.25, -0.2) is 0 Å². The lowest BCUT2D eigenvalue weighted by Crippen LogP contribution is -2.21. The topological polar surface area (TPSA) is 51.2 Å². The Bertz CT molecular complexity index is 217. The molecule has 3 heteroatoms. The maximum Gasteiger partial charge on any atom is 0.117 e. The van der Waals surface area contributed by atoms with Gasteiger partial charge in [-0.05, 0) is 37.6 Å². The van der Waals surface area contributed by atoms with E-state index < -0.39 is 0 Å². The van der Waals surface area contributed by atoms with Crippen molar-refractivity contribution >= 4 is 0 Å². The summed E-state index contributed by atoms with van der Waals surface area (Å²) in [5.74, 6) is 1.64. The first-order chi connectivity index (χ1) is 6.86. The van der Waals surface area contributed by atoms with Crippen molar-refractivity contribution in [1.82, 2.24) is 5.32 Å². The van der Waals surface area contributed by atoms with E-state index in [1.54, 1.807) is 6.26 Å². The fourth-order valence-electron chi connectivity index (χ4n) is 1.42. The third kappa shape index (κ3) is 3.94. The highest BCUT2D eigenvalue weighted by atomic mass is 16.3. The van der Waals surface area contributed by atoms with Crippen LogP contribution in [0.1, 0.15) is 25.5 Å². The number of hydrogen-bond donors (Lipinski definition) is 2. The smallest absolute Gasteiger partial charge is 0.117 e. The lowest BCUT2D eigenvalue weighted by atomic mass is 10.0. The van der Waals surface area contributed by atoms with Gasteiger partial charge in [-0.15, -0.1) is 0 Å². The van der Waals surface area contributed by atoms with E-state index in [0.29, 0.717) is 5.92 Å². The summed E-state index contributed by atoms with van der Waals surface area (Å²) in [7, 11) is 0. The second-order valence-electron chi connectivity index (χ2n) is 3.55. The Hall–Kier alpha value is -0.800. The quantitative estimate of drug-likeness (QED) is 0.653. The van der Waals surface area contributed by atoms with Crippen molar-refractivity contribution in [2.45, 2.75) is 26.3 Å². The predicted octanol–water partition coefficient (Wildman–Crippen LogP) is 1.74. The first-order valence-electron chi connectivity index (χ1n) is 5.30. The Balaban J connectivity index is 2.04. The molecule has 1 atom stereocenters. The van der Waals surface area contributed by atoms with Crippen LogP contribution in [0.15, 0.2) is 22.8 Å². The zero-order chi connectivity index (χ0) is 10.2. The van der Waals surface area contributed by atoms with Crippen molar-refractivity contribution in [3.05, 3.63) is 24.2 Å². The number of rotatable bonds is 7. The summed E-state index contributed by atoms with van der Waals surface area (Å²) in [5, 5.41) is 3.34. The van der Waals surface area contributed by atoms with Crippen LogP contribution in [0.2, 0.25) is 0 Å². The van der Waals surface area contributed by atoms with Crippen molar-refractivity contribution < 1.29 is 4.42 Å². The molecule has 3 N–H and O–H groups in total. The summed E-state index contributed by atoms with van der Waals surface area (Å²) in [6.07, 6.45) is 4.01. The van der Waals surface area contributed by atoms with Crippen molar-refractivity contribution in [2.24, 2.45) is 11.7 Å². The molecule has 0 amide bonds. The van der Waals surface area contributed by atoms with E-state index in [2.05, 4.69) is 12.2 Å². The standard InChI is InChI=1S/C11H20N2O/c1-2-10(8-12)5-6-13-9-11-4-3-7-14-11/h3-4,7,10,13H,2,5-6,8-9,12H2,1H3. The van der Waals surface area contributed by atoms with Crippen LogP contribution in [0, 0.1) is 5.92 Å². The molecule has 1 aromatic rings. The molecule has 80 valence electrons. The van der Waals surface area contributed by atoms with Crippen molar-refractivity contribution in [3.8, 4) is 0 Å². The van der Waals surface area contributed by atoms with Gasteiger partial charge in [-0.2, -0.15) is 0 Å². The molecule has 3 nitrogen and oxygen atoms in total. The lowest BCUT2D eigenvalue weighted by Gasteiger charge is -2.11. The monoisotopic (exact) mass is 196 g/mol. The van der Waals surface area contributed by atoms with Crippen molar-refractivity contribution in [1.29, 1.82) is 0 Å². The highest BCUT2D eigenvalue weighted by Crippen LogP contribution is 2.05. The third-order valence-corrected chi connectivity index (χ3v) is 2.52. The average molecular weight is 196 g/mol. The molecule has 0 aliphatic carbocycles. The molecule has 0 saturated heterocycles. The van der Waals surface area contributed by atoms with Gasteiger partial charge in [0.2, 0.25) is 0 Å². The second kappa shape index (κ2) is 6.62. The lowest BCUT2D eigenvalue weighted by molar-refractivity contribution is 0.438. The van der Waals surface area contributed by atoms with Crippen LogP contribution in [0.3, 0.4) is 0 Å². The van der Waals surface area contributed by atoms with Gasteiger partial charge in [0.15, 0.2) is 0 Å². The molecule has 1 aromatic heterocycles. The minimum absolute atomic E-state index is 0.652. The number of furan rings is 1. The van der Waals surface area contributed by atoms with E-state index in [-0.39, 0.29) is 0 Å². The number of nitrogens with two attached hydrogens (primary N) is 1. The molecule has 1 heterocycles. The fourth-order valence-corrected chi connectivity index (χ4v) is 1.42. The largest absolute Gasteiger partial charge is 0.468 e. The Morgan fingerprint density at radius 2 is 2.43 bits per heavy atom. The zero-order valence-electron chi connectivity index (χ0n) is 8.83. The Labute approximate surface area is 85.7 Å². The Morgan fingerprint density at radius 3 is 3.00 bits per heavy atom. The molecule has 14 heavy (non-hydrogen) atoms. The van der Waals surface area contributed by atoms with E-state index in [4.69, 9.17) is 10.2 Å². The molecule has 0 bridgehead atoms. The molecule has 0 aliphatic heterocycles. The van der Waals surface area contributed by atoms with E-state index in [1.165, 1.54) is 6.42 Å². The SMILES string of the molecule is CCC(CN)CCNCc1ccco1. The Kier molecular flexibility index (Phi) is 5.33. The van der Waals surface area contributed by atoms with Gasteiger partial charge in [-0.1, -0.05) is 13.3 Å². The maximum atomic E-state index is 5.61. The summed E-state index contributed by atoms with van der Waals surface area (Å²) < 4.78 is 5.21. The first-order valence-corrected chi connectivity index (χ1v) is 5.30. The molecule has 0 saturated carbocycles. The van der Waals surface area contributed by atoms with Crippen LogP contribution >= 0.6 is 0 Å². The average Bonchev–Trinajstić information content (AvgIpc) is 2.71. The second-order valence-corrected chi connectivity index (χ2v) is 3.55. The minimum atomic E-state index is 0.652. The Morgan fingerprint density at radius 1 is 1.57 bits per heavy atom. The van der Waals surface area contributed by atoms with Crippen molar-refractivity contribution in [2.75, 3.05) is 13.1 Å². The van der Waals surface area contributed by atoms with Gasteiger partial charge in [0.1, 0.15) is 5.76 Å². The summed E-state index contributed by atoms with van der Waals surface area (Å²) in [4.78, 5) is 0. The van der Waals surface area contributed by atoms with E-state index in [1.807, 2.05) is 12.1 Å². The van der Waals surface area contributed by atoms with Crippen LogP contribution in [-0.2, 0) is 6.54 Å². The summed E-state index contributed by atoms with van der Waals surface area (Å²) >= 11 is 0. The van der Waals surface area contributed by atoms with Gasteiger partial charge >= 0.3 is 0 Å². The molecule has 1 unspecified atom stereocenters. The van der Waals surface area contributed by atoms with Crippen LogP contribution < -0.4 is 11.1 Å². The molecular formula is C11H20N2O. The van der Waals surface area contributed by atoms with E-state index in [9.17, 15) is 0 Å². The predicted molar refractivity (Wildman–Crippen MR) is 57.9 cm³/mol. The highest BCUT2D eigenvalue weighted by Gasteiger charge is 2.02. The first kappa shape index (κ1) is 11.3. The molecule has 0 spiro atoms. The highest BCUT2D eigenvalue weighted by molar-refractivity contribution is 4.97. The number of hydrogen-bond acceptors (Lipinski definition) is 3. The summed E-state index contributed by atoms with van der Waals surface area (Å²) in [6, 6.07) is 3.89. The van der Waals surface area contributed by atoms with Gasteiger partial charge in [0, 0.05) is 0 Å². The molecule has 0 aliphatic rings. The van der Waals surface area contributed by atoms with Gasteiger partial charge in [-0.3, -0.25) is 0 Å².